The molecule has 0 saturated carbocycles. The molecular formula is C20H20N4OS. The molecule has 5 nitrogen and oxygen atoms in total. The summed E-state index contributed by atoms with van der Waals surface area (Å²) in [5.74, 6) is 0.0572. The van der Waals surface area contributed by atoms with Crippen molar-refractivity contribution in [3.63, 3.8) is 0 Å². The summed E-state index contributed by atoms with van der Waals surface area (Å²) >= 11 is 1.60. The van der Waals surface area contributed by atoms with Gasteiger partial charge in [0.1, 0.15) is 5.01 Å². The average Bonchev–Trinajstić information content (AvgIpc) is 3.10. The highest BCUT2D eigenvalue weighted by Crippen LogP contribution is 2.22. The van der Waals surface area contributed by atoms with Crippen molar-refractivity contribution in [2.45, 2.75) is 6.54 Å². The SMILES string of the molecule is O=C(/C=C/c1nc2ccccc2s1)N1CCN(Cc2ccccn2)CC1. The third-order valence-electron chi connectivity index (χ3n) is 4.47. The Bertz CT molecular complexity index is 881. The minimum absolute atomic E-state index is 0.0572. The molecule has 2 aromatic heterocycles. The molecule has 6 heteroatoms. The summed E-state index contributed by atoms with van der Waals surface area (Å²) in [6.07, 6.45) is 5.29. The lowest BCUT2D eigenvalue weighted by Crippen LogP contribution is -2.47. The largest absolute Gasteiger partial charge is 0.337 e. The molecule has 1 aliphatic rings. The lowest BCUT2D eigenvalue weighted by atomic mass is 10.2. The maximum Gasteiger partial charge on any atom is 0.246 e. The summed E-state index contributed by atoms with van der Waals surface area (Å²) in [6, 6.07) is 14.0. The number of rotatable bonds is 4. The van der Waals surface area contributed by atoms with E-state index in [1.165, 1.54) is 0 Å². The van der Waals surface area contributed by atoms with Gasteiger partial charge in [-0.15, -0.1) is 11.3 Å². The highest BCUT2D eigenvalue weighted by molar-refractivity contribution is 7.19. The zero-order valence-electron chi connectivity index (χ0n) is 14.4. The van der Waals surface area contributed by atoms with Gasteiger partial charge in [0.25, 0.3) is 0 Å². The highest BCUT2D eigenvalue weighted by Gasteiger charge is 2.19. The Morgan fingerprint density at radius 1 is 1.08 bits per heavy atom. The monoisotopic (exact) mass is 364 g/mol. The second kappa shape index (κ2) is 7.76. The van der Waals surface area contributed by atoms with Crippen LogP contribution in [0.25, 0.3) is 16.3 Å². The van der Waals surface area contributed by atoms with Crippen molar-refractivity contribution in [3.05, 3.63) is 65.4 Å². The Labute approximate surface area is 156 Å². The first-order valence-electron chi connectivity index (χ1n) is 8.73. The fraction of sp³-hybridized carbons (Fsp3) is 0.250. The molecule has 1 saturated heterocycles. The molecule has 0 unspecified atom stereocenters. The van der Waals surface area contributed by atoms with Crippen LogP contribution in [0.3, 0.4) is 0 Å². The van der Waals surface area contributed by atoms with Crippen LogP contribution in [0, 0.1) is 0 Å². The molecule has 0 aliphatic carbocycles. The first-order valence-corrected chi connectivity index (χ1v) is 9.54. The van der Waals surface area contributed by atoms with Crippen molar-refractivity contribution in [1.29, 1.82) is 0 Å². The van der Waals surface area contributed by atoms with E-state index in [2.05, 4.69) is 14.9 Å². The molecule has 1 fully saturated rings. The average molecular weight is 364 g/mol. The van der Waals surface area contributed by atoms with Crippen molar-refractivity contribution in [3.8, 4) is 0 Å². The second-order valence-corrected chi connectivity index (χ2v) is 7.34. The molecule has 0 bridgehead atoms. The fourth-order valence-corrected chi connectivity index (χ4v) is 3.93. The minimum Gasteiger partial charge on any atom is -0.337 e. The topological polar surface area (TPSA) is 49.3 Å². The summed E-state index contributed by atoms with van der Waals surface area (Å²) in [4.78, 5) is 25.6. The van der Waals surface area contributed by atoms with Crippen LogP contribution in [-0.2, 0) is 11.3 Å². The molecule has 0 N–H and O–H groups in total. The van der Waals surface area contributed by atoms with E-state index in [1.807, 2.05) is 59.6 Å². The van der Waals surface area contributed by atoms with Crippen molar-refractivity contribution in [1.82, 2.24) is 19.8 Å². The minimum atomic E-state index is 0.0572. The van der Waals surface area contributed by atoms with Crippen molar-refractivity contribution in [2.75, 3.05) is 26.2 Å². The van der Waals surface area contributed by atoms with Gasteiger partial charge in [-0.1, -0.05) is 18.2 Å². The van der Waals surface area contributed by atoms with Crippen molar-refractivity contribution in [2.24, 2.45) is 0 Å². The quantitative estimate of drug-likeness (QED) is 0.668. The molecule has 1 aliphatic heterocycles. The summed E-state index contributed by atoms with van der Waals surface area (Å²) < 4.78 is 1.14. The second-order valence-electron chi connectivity index (χ2n) is 6.28. The van der Waals surface area contributed by atoms with Gasteiger partial charge < -0.3 is 4.90 Å². The van der Waals surface area contributed by atoms with Gasteiger partial charge in [-0.2, -0.15) is 0 Å². The molecule has 132 valence electrons. The van der Waals surface area contributed by atoms with Crippen LogP contribution in [0.2, 0.25) is 0 Å². The van der Waals surface area contributed by atoms with E-state index in [1.54, 1.807) is 17.4 Å². The predicted molar refractivity (Wildman–Crippen MR) is 105 cm³/mol. The van der Waals surface area contributed by atoms with E-state index in [0.29, 0.717) is 0 Å². The number of pyridine rings is 1. The number of piperazine rings is 1. The third kappa shape index (κ3) is 3.98. The summed E-state index contributed by atoms with van der Waals surface area (Å²) in [7, 11) is 0. The molecule has 0 spiro atoms. The van der Waals surface area contributed by atoms with Gasteiger partial charge in [-0.05, 0) is 30.3 Å². The Morgan fingerprint density at radius 2 is 1.88 bits per heavy atom. The number of amides is 1. The van der Waals surface area contributed by atoms with Crippen LogP contribution >= 0.6 is 11.3 Å². The lowest BCUT2D eigenvalue weighted by molar-refractivity contribution is -0.127. The molecular weight excluding hydrogens is 344 g/mol. The van der Waals surface area contributed by atoms with Crippen LogP contribution in [0.15, 0.2) is 54.7 Å². The maximum atomic E-state index is 12.4. The number of thiazole rings is 1. The van der Waals surface area contributed by atoms with Crippen molar-refractivity contribution >= 4 is 33.5 Å². The zero-order valence-corrected chi connectivity index (χ0v) is 15.2. The van der Waals surface area contributed by atoms with E-state index >= 15 is 0 Å². The van der Waals surface area contributed by atoms with Crippen LogP contribution in [0.5, 0.6) is 0 Å². The van der Waals surface area contributed by atoms with Gasteiger partial charge >= 0.3 is 0 Å². The third-order valence-corrected chi connectivity index (χ3v) is 5.48. The molecule has 3 heterocycles. The predicted octanol–water partition coefficient (Wildman–Crippen LogP) is 3.05. The first-order chi connectivity index (χ1) is 12.8. The number of aromatic nitrogens is 2. The smallest absolute Gasteiger partial charge is 0.246 e. The van der Waals surface area contributed by atoms with Gasteiger partial charge in [0, 0.05) is 45.0 Å². The van der Waals surface area contributed by atoms with Gasteiger partial charge in [0.15, 0.2) is 0 Å². The molecule has 0 radical (unpaired) electrons. The number of hydrogen-bond donors (Lipinski definition) is 0. The van der Waals surface area contributed by atoms with Crippen molar-refractivity contribution < 1.29 is 4.79 Å². The summed E-state index contributed by atoms with van der Waals surface area (Å²) in [6.45, 7) is 4.07. The summed E-state index contributed by atoms with van der Waals surface area (Å²) in [5, 5.41) is 0.869. The van der Waals surface area contributed by atoms with Gasteiger partial charge in [-0.25, -0.2) is 4.98 Å². The maximum absolute atomic E-state index is 12.4. The molecule has 3 aromatic rings. The number of fused-ring (bicyclic) bond motifs is 1. The molecule has 4 rings (SSSR count). The molecule has 1 amide bonds. The standard InChI is InChI=1S/C20H20N4OS/c25-20(9-8-19-22-17-6-1-2-7-18(17)26-19)24-13-11-23(12-14-24)15-16-5-3-4-10-21-16/h1-10H,11-15H2/b9-8+. The Hall–Kier alpha value is -2.57. The molecule has 0 atom stereocenters. The highest BCUT2D eigenvalue weighted by atomic mass is 32.1. The van der Waals surface area contributed by atoms with E-state index in [4.69, 9.17) is 0 Å². The number of carbonyl (C=O) groups is 1. The number of benzene rings is 1. The first kappa shape index (κ1) is 16.9. The number of nitrogens with zero attached hydrogens (tertiary/aromatic N) is 4. The summed E-state index contributed by atoms with van der Waals surface area (Å²) in [5.41, 5.74) is 2.05. The number of hydrogen-bond acceptors (Lipinski definition) is 5. The normalized spacial score (nSPS) is 15.8. The van der Waals surface area contributed by atoms with E-state index in [-0.39, 0.29) is 5.91 Å². The fourth-order valence-electron chi connectivity index (χ4n) is 3.06. The lowest BCUT2D eigenvalue weighted by Gasteiger charge is -2.34. The van der Waals surface area contributed by atoms with Crippen LogP contribution < -0.4 is 0 Å². The number of carbonyl (C=O) groups excluding carboxylic acids is 1. The zero-order chi connectivity index (χ0) is 17.8. The van der Waals surface area contributed by atoms with Gasteiger partial charge in [-0.3, -0.25) is 14.7 Å². The van der Waals surface area contributed by atoms with Gasteiger partial charge in [0.2, 0.25) is 5.91 Å². The Kier molecular flexibility index (Phi) is 5.04. The van der Waals surface area contributed by atoms with Crippen LogP contribution in [0.1, 0.15) is 10.7 Å². The Balaban J connectivity index is 1.32. The van der Waals surface area contributed by atoms with Crippen LogP contribution in [-0.4, -0.2) is 51.9 Å². The van der Waals surface area contributed by atoms with E-state index in [0.717, 1.165) is 53.6 Å². The Morgan fingerprint density at radius 3 is 2.65 bits per heavy atom. The van der Waals surface area contributed by atoms with Crippen LogP contribution in [0.4, 0.5) is 0 Å². The molecule has 1 aromatic carbocycles. The molecule has 26 heavy (non-hydrogen) atoms. The number of para-hydroxylation sites is 1. The van der Waals surface area contributed by atoms with Gasteiger partial charge in [0.05, 0.1) is 15.9 Å². The van der Waals surface area contributed by atoms with E-state index in [9.17, 15) is 4.79 Å². The van der Waals surface area contributed by atoms with E-state index < -0.39 is 0 Å².